The maximum Gasteiger partial charge on any atom is 0.251 e. The predicted molar refractivity (Wildman–Crippen MR) is 80.1 cm³/mol. The van der Waals surface area contributed by atoms with Gasteiger partial charge in [-0.25, -0.2) is 0 Å². The number of hydrogen-bond acceptors (Lipinski definition) is 1. The van der Waals surface area contributed by atoms with Gasteiger partial charge in [0.1, 0.15) is 0 Å². The zero-order chi connectivity index (χ0) is 13.8. The number of rotatable bonds is 4. The van der Waals surface area contributed by atoms with Crippen LogP contribution >= 0.6 is 23.2 Å². The molecule has 2 nitrogen and oxygen atoms in total. The first-order chi connectivity index (χ1) is 9.11. The molecular weight excluding hydrogens is 281 g/mol. The van der Waals surface area contributed by atoms with Gasteiger partial charge in [0.2, 0.25) is 0 Å². The van der Waals surface area contributed by atoms with Crippen LogP contribution in [0, 0.1) is 18.8 Å². The second-order valence-electron chi connectivity index (χ2n) is 5.28. The first-order valence-electron chi connectivity index (χ1n) is 6.72. The Balaban J connectivity index is 1.92. The van der Waals surface area contributed by atoms with Crippen molar-refractivity contribution >= 4 is 29.1 Å². The van der Waals surface area contributed by atoms with Crippen molar-refractivity contribution in [1.29, 1.82) is 0 Å². The van der Waals surface area contributed by atoms with Crippen LogP contribution in [-0.2, 0) is 0 Å². The van der Waals surface area contributed by atoms with E-state index in [2.05, 4.69) is 5.32 Å². The SMILES string of the molecule is Cc1cc(C(=O)NCC2CCCC2CCl)ccc1Cl. The molecule has 1 aliphatic carbocycles. The quantitative estimate of drug-likeness (QED) is 0.836. The van der Waals surface area contributed by atoms with Crippen LogP contribution in [0.15, 0.2) is 18.2 Å². The number of alkyl halides is 1. The molecule has 0 radical (unpaired) electrons. The smallest absolute Gasteiger partial charge is 0.251 e. The first-order valence-corrected chi connectivity index (χ1v) is 7.63. The van der Waals surface area contributed by atoms with E-state index < -0.39 is 0 Å². The Hall–Kier alpha value is -0.730. The number of hydrogen-bond donors (Lipinski definition) is 1. The highest BCUT2D eigenvalue weighted by molar-refractivity contribution is 6.31. The summed E-state index contributed by atoms with van der Waals surface area (Å²) in [6, 6.07) is 5.35. The highest BCUT2D eigenvalue weighted by atomic mass is 35.5. The summed E-state index contributed by atoms with van der Waals surface area (Å²) < 4.78 is 0. The highest BCUT2D eigenvalue weighted by Crippen LogP contribution is 2.32. The third kappa shape index (κ3) is 3.64. The number of carbonyl (C=O) groups excluding carboxylic acids is 1. The second-order valence-corrected chi connectivity index (χ2v) is 6.00. The molecule has 1 aromatic carbocycles. The van der Waals surface area contributed by atoms with Gasteiger partial charge in [-0.1, -0.05) is 18.0 Å². The number of amides is 1. The molecule has 2 atom stereocenters. The van der Waals surface area contributed by atoms with E-state index in [4.69, 9.17) is 23.2 Å². The molecule has 0 aliphatic heterocycles. The lowest BCUT2D eigenvalue weighted by molar-refractivity contribution is 0.0944. The zero-order valence-corrected chi connectivity index (χ0v) is 12.6. The van der Waals surface area contributed by atoms with Gasteiger partial charge >= 0.3 is 0 Å². The molecular formula is C15H19Cl2NO. The average Bonchev–Trinajstić information content (AvgIpc) is 2.86. The van der Waals surface area contributed by atoms with E-state index >= 15 is 0 Å². The van der Waals surface area contributed by atoms with E-state index in [1.165, 1.54) is 12.8 Å². The van der Waals surface area contributed by atoms with Crippen LogP contribution < -0.4 is 5.32 Å². The Morgan fingerprint density at radius 3 is 2.79 bits per heavy atom. The molecule has 1 fully saturated rings. The normalized spacial score (nSPS) is 22.5. The van der Waals surface area contributed by atoms with E-state index in [9.17, 15) is 4.79 Å². The molecule has 1 saturated carbocycles. The summed E-state index contributed by atoms with van der Waals surface area (Å²) >= 11 is 11.9. The molecule has 0 bridgehead atoms. The lowest BCUT2D eigenvalue weighted by Gasteiger charge is -2.17. The maximum absolute atomic E-state index is 12.1. The minimum atomic E-state index is -0.0278. The van der Waals surface area contributed by atoms with Crippen molar-refractivity contribution in [2.45, 2.75) is 26.2 Å². The van der Waals surface area contributed by atoms with E-state index in [1.807, 2.05) is 13.0 Å². The topological polar surface area (TPSA) is 29.1 Å². The molecule has 1 N–H and O–H groups in total. The van der Waals surface area contributed by atoms with Gasteiger partial charge in [0, 0.05) is 23.0 Å². The van der Waals surface area contributed by atoms with Crippen LogP contribution in [0.2, 0.25) is 5.02 Å². The molecule has 0 heterocycles. The summed E-state index contributed by atoms with van der Waals surface area (Å²) in [5, 5.41) is 3.70. The van der Waals surface area contributed by atoms with Crippen LogP contribution in [-0.4, -0.2) is 18.3 Å². The maximum atomic E-state index is 12.1. The van der Waals surface area contributed by atoms with Gasteiger partial charge < -0.3 is 5.32 Å². The van der Waals surface area contributed by atoms with Crippen LogP contribution in [0.1, 0.15) is 35.2 Å². The minimum absolute atomic E-state index is 0.0278. The molecule has 1 aromatic rings. The molecule has 2 unspecified atom stereocenters. The van der Waals surface area contributed by atoms with Gasteiger partial charge in [-0.05, 0) is 55.4 Å². The summed E-state index contributed by atoms with van der Waals surface area (Å²) in [5.74, 6) is 1.74. The molecule has 19 heavy (non-hydrogen) atoms. The van der Waals surface area contributed by atoms with Crippen molar-refractivity contribution < 1.29 is 4.79 Å². The van der Waals surface area contributed by atoms with Crippen LogP contribution in [0.5, 0.6) is 0 Å². The fourth-order valence-electron chi connectivity index (χ4n) is 2.70. The standard InChI is InChI=1S/C15H19Cl2NO/c1-10-7-11(5-6-14(10)17)15(19)18-9-13-4-2-3-12(13)8-16/h5-7,12-13H,2-4,8-9H2,1H3,(H,18,19). The number of benzene rings is 1. The van der Waals surface area contributed by atoms with Crippen molar-refractivity contribution in [2.75, 3.05) is 12.4 Å². The van der Waals surface area contributed by atoms with Crippen LogP contribution in [0.25, 0.3) is 0 Å². The molecule has 4 heteroatoms. The molecule has 0 aromatic heterocycles. The van der Waals surface area contributed by atoms with E-state index in [0.29, 0.717) is 28.3 Å². The van der Waals surface area contributed by atoms with E-state index in [0.717, 1.165) is 18.5 Å². The molecule has 1 aliphatic rings. The Morgan fingerprint density at radius 2 is 2.11 bits per heavy atom. The summed E-state index contributed by atoms with van der Waals surface area (Å²) in [6.45, 7) is 2.62. The van der Waals surface area contributed by atoms with Gasteiger partial charge in [0.05, 0.1) is 0 Å². The third-order valence-electron chi connectivity index (χ3n) is 3.96. The van der Waals surface area contributed by atoms with Crippen molar-refractivity contribution in [1.82, 2.24) is 5.32 Å². The van der Waals surface area contributed by atoms with Gasteiger partial charge in [0.25, 0.3) is 5.91 Å². The Labute approximate surface area is 124 Å². The summed E-state index contributed by atoms with van der Waals surface area (Å²) in [6.07, 6.45) is 3.57. The number of halogens is 2. The summed E-state index contributed by atoms with van der Waals surface area (Å²) in [4.78, 5) is 12.1. The zero-order valence-electron chi connectivity index (χ0n) is 11.1. The fraction of sp³-hybridized carbons (Fsp3) is 0.533. The summed E-state index contributed by atoms with van der Waals surface area (Å²) in [5.41, 5.74) is 1.59. The largest absolute Gasteiger partial charge is 0.352 e. The molecule has 0 spiro atoms. The highest BCUT2D eigenvalue weighted by Gasteiger charge is 2.26. The van der Waals surface area contributed by atoms with Crippen molar-refractivity contribution in [2.24, 2.45) is 11.8 Å². The molecule has 104 valence electrons. The van der Waals surface area contributed by atoms with Crippen molar-refractivity contribution in [3.8, 4) is 0 Å². The lowest BCUT2D eigenvalue weighted by atomic mass is 9.98. The van der Waals surface area contributed by atoms with Crippen LogP contribution in [0.4, 0.5) is 0 Å². The van der Waals surface area contributed by atoms with Crippen molar-refractivity contribution in [3.63, 3.8) is 0 Å². The monoisotopic (exact) mass is 299 g/mol. The Kier molecular flexibility index (Phi) is 5.12. The fourth-order valence-corrected chi connectivity index (χ4v) is 3.22. The predicted octanol–water partition coefficient (Wildman–Crippen LogP) is 4.03. The molecule has 1 amide bonds. The number of aryl methyl sites for hydroxylation is 1. The van der Waals surface area contributed by atoms with Gasteiger partial charge in [-0.3, -0.25) is 4.79 Å². The minimum Gasteiger partial charge on any atom is -0.352 e. The Bertz CT molecular complexity index is 461. The lowest BCUT2D eigenvalue weighted by Crippen LogP contribution is -2.31. The molecule has 0 saturated heterocycles. The van der Waals surface area contributed by atoms with Gasteiger partial charge in [-0.15, -0.1) is 11.6 Å². The van der Waals surface area contributed by atoms with Gasteiger partial charge in [0.15, 0.2) is 0 Å². The Morgan fingerprint density at radius 1 is 1.37 bits per heavy atom. The van der Waals surface area contributed by atoms with E-state index in [1.54, 1.807) is 12.1 Å². The van der Waals surface area contributed by atoms with Crippen LogP contribution in [0.3, 0.4) is 0 Å². The summed E-state index contributed by atoms with van der Waals surface area (Å²) in [7, 11) is 0. The number of nitrogens with one attached hydrogen (secondary N) is 1. The van der Waals surface area contributed by atoms with Gasteiger partial charge in [-0.2, -0.15) is 0 Å². The number of carbonyl (C=O) groups is 1. The average molecular weight is 300 g/mol. The van der Waals surface area contributed by atoms with E-state index in [-0.39, 0.29) is 5.91 Å². The van der Waals surface area contributed by atoms with Crippen molar-refractivity contribution in [3.05, 3.63) is 34.3 Å². The third-order valence-corrected chi connectivity index (χ3v) is 4.78. The second kappa shape index (κ2) is 6.62. The first kappa shape index (κ1) is 14.7. The molecule has 2 rings (SSSR count).